The maximum atomic E-state index is 12.3. The lowest BCUT2D eigenvalue weighted by Crippen LogP contribution is -2.56. The van der Waals surface area contributed by atoms with Crippen LogP contribution in [0.3, 0.4) is 0 Å². The molecule has 1 atom stereocenters. The number of fused-ring (bicyclic) bond motifs is 1. The molecule has 0 saturated heterocycles. The van der Waals surface area contributed by atoms with E-state index in [1.165, 1.54) is 0 Å². The van der Waals surface area contributed by atoms with Crippen LogP contribution in [0, 0.1) is 0 Å². The Labute approximate surface area is 114 Å². The average Bonchev–Trinajstić information content (AvgIpc) is 2.26. The van der Waals surface area contributed by atoms with Crippen LogP contribution in [0.1, 0.15) is 44.9 Å². The largest absolute Gasteiger partial charge is 0.523 e. The third-order valence-corrected chi connectivity index (χ3v) is 5.77. The summed E-state index contributed by atoms with van der Waals surface area (Å²) in [7, 11) is -2.28. The van der Waals surface area contributed by atoms with E-state index in [1.54, 1.807) is 0 Å². The number of hydrogen-bond acceptors (Lipinski definition) is 4. The van der Waals surface area contributed by atoms with Gasteiger partial charge in [0.25, 0.3) is 0 Å². The van der Waals surface area contributed by atoms with Gasteiger partial charge in [-0.3, -0.25) is 9.59 Å². The molecule has 19 heavy (non-hydrogen) atoms. The monoisotopic (exact) mass is 280 g/mol. The maximum absolute atomic E-state index is 12.3. The van der Waals surface area contributed by atoms with Crippen LogP contribution in [0.2, 0.25) is 13.1 Å². The van der Waals surface area contributed by atoms with Crippen LogP contribution in [0.15, 0.2) is 11.3 Å². The van der Waals surface area contributed by atoms with E-state index in [0.717, 1.165) is 31.4 Å². The lowest BCUT2D eigenvalue weighted by Gasteiger charge is -2.48. The highest BCUT2D eigenvalue weighted by Gasteiger charge is 2.53. The zero-order valence-electron chi connectivity index (χ0n) is 11.6. The first-order valence-corrected chi connectivity index (χ1v) is 9.91. The summed E-state index contributed by atoms with van der Waals surface area (Å²) >= 11 is 0. The Morgan fingerprint density at radius 1 is 1.11 bits per heavy atom. The molecular formula is C14H20O4Si. The highest BCUT2D eigenvalue weighted by molar-refractivity contribution is 6.65. The van der Waals surface area contributed by atoms with Crippen LogP contribution in [0.4, 0.5) is 0 Å². The van der Waals surface area contributed by atoms with Crippen molar-refractivity contribution in [2.45, 2.75) is 63.6 Å². The third-order valence-electron chi connectivity index (χ3n) is 4.15. The standard InChI is InChI=1S/C14H20O4Si/c1-19(2)17-12-7-3-6-11(16)13(12)14(18-19)8-4-5-10(15)9-14/h3-9H2,1-2H3. The molecule has 3 rings (SSSR count). The quantitative estimate of drug-likeness (QED) is 0.640. The van der Waals surface area contributed by atoms with E-state index < -0.39 is 14.2 Å². The van der Waals surface area contributed by atoms with Crippen molar-refractivity contribution in [3.05, 3.63) is 11.3 Å². The van der Waals surface area contributed by atoms with E-state index in [9.17, 15) is 9.59 Å². The van der Waals surface area contributed by atoms with Gasteiger partial charge in [-0.25, -0.2) is 0 Å². The predicted molar refractivity (Wildman–Crippen MR) is 71.7 cm³/mol. The fraction of sp³-hybridized carbons (Fsp3) is 0.714. The van der Waals surface area contributed by atoms with Crippen LogP contribution in [-0.2, 0) is 18.4 Å². The molecule has 0 aromatic carbocycles. The number of allylic oxidation sites excluding steroid dienone is 1. The van der Waals surface area contributed by atoms with Crippen LogP contribution in [-0.4, -0.2) is 25.7 Å². The van der Waals surface area contributed by atoms with Crippen molar-refractivity contribution < 1.29 is 18.4 Å². The SMILES string of the molecule is C[Si]1(C)OC2=C(C(=O)CCC2)C2(CCCC(=O)C2)O1. The van der Waals surface area contributed by atoms with Gasteiger partial charge in [0, 0.05) is 25.7 Å². The van der Waals surface area contributed by atoms with Gasteiger partial charge in [0.15, 0.2) is 5.78 Å². The Hall–Kier alpha value is -0.943. The Balaban J connectivity index is 2.09. The molecule has 3 aliphatic rings. The smallest absolute Gasteiger partial charge is 0.392 e. The summed E-state index contributed by atoms with van der Waals surface area (Å²) in [6.45, 7) is 3.99. The first-order chi connectivity index (χ1) is 8.92. The molecule has 0 bridgehead atoms. The zero-order valence-corrected chi connectivity index (χ0v) is 12.6. The average molecular weight is 280 g/mol. The second-order valence-corrected chi connectivity index (χ2v) is 9.45. The molecule has 104 valence electrons. The molecule has 2 aliphatic carbocycles. The molecule has 5 heteroatoms. The number of hydrogen-bond donors (Lipinski definition) is 0. The Morgan fingerprint density at radius 2 is 1.89 bits per heavy atom. The van der Waals surface area contributed by atoms with Crippen LogP contribution < -0.4 is 0 Å². The van der Waals surface area contributed by atoms with Gasteiger partial charge in [0.1, 0.15) is 5.78 Å². The summed E-state index contributed by atoms with van der Waals surface area (Å²) < 4.78 is 12.2. The molecule has 0 N–H and O–H groups in total. The molecule has 0 aromatic heterocycles. The lowest BCUT2D eigenvalue weighted by atomic mass is 9.74. The van der Waals surface area contributed by atoms with Crippen LogP contribution in [0.5, 0.6) is 0 Å². The number of ketones is 2. The second kappa shape index (κ2) is 4.28. The van der Waals surface area contributed by atoms with Crippen molar-refractivity contribution in [2.24, 2.45) is 0 Å². The van der Waals surface area contributed by atoms with Crippen LogP contribution >= 0.6 is 0 Å². The minimum atomic E-state index is -2.28. The molecule has 0 aromatic rings. The predicted octanol–water partition coefficient (Wildman–Crippen LogP) is 2.62. The maximum Gasteiger partial charge on any atom is 0.392 e. The van der Waals surface area contributed by atoms with Gasteiger partial charge in [-0.05, 0) is 32.4 Å². The topological polar surface area (TPSA) is 52.6 Å². The summed E-state index contributed by atoms with van der Waals surface area (Å²) in [6, 6.07) is 0. The second-order valence-electron chi connectivity index (χ2n) is 6.24. The Kier molecular flexibility index (Phi) is 2.94. The fourth-order valence-electron chi connectivity index (χ4n) is 3.63. The molecular weight excluding hydrogens is 260 g/mol. The van der Waals surface area contributed by atoms with Gasteiger partial charge in [0.05, 0.1) is 16.9 Å². The number of carbonyl (C=O) groups is 2. The molecule has 4 nitrogen and oxygen atoms in total. The van der Waals surface area contributed by atoms with Crippen molar-refractivity contribution in [3.63, 3.8) is 0 Å². The first kappa shape index (κ1) is 13.1. The third kappa shape index (κ3) is 2.19. The van der Waals surface area contributed by atoms with Gasteiger partial charge < -0.3 is 8.85 Å². The Morgan fingerprint density at radius 3 is 2.63 bits per heavy atom. The van der Waals surface area contributed by atoms with Crippen molar-refractivity contribution in [2.75, 3.05) is 0 Å². The molecule has 1 saturated carbocycles. The van der Waals surface area contributed by atoms with Crippen molar-refractivity contribution in [3.8, 4) is 0 Å². The van der Waals surface area contributed by atoms with E-state index in [2.05, 4.69) is 0 Å². The van der Waals surface area contributed by atoms with E-state index in [-0.39, 0.29) is 11.6 Å². The molecule has 1 spiro atoms. The summed E-state index contributed by atoms with van der Waals surface area (Å²) in [5.74, 6) is 1.16. The van der Waals surface area contributed by atoms with Gasteiger partial charge in [0.2, 0.25) is 0 Å². The molecule has 0 amide bonds. The van der Waals surface area contributed by atoms with E-state index >= 15 is 0 Å². The highest BCUT2D eigenvalue weighted by Crippen LogP contribution is 2.47. The van der Waals surface area contributed by atoms with Crippen molar-refractivity contribution in [1.29, 1.82) is 0 Å². The van der Waals surface area contributed by atoms with Crippen molar-refractivity contribution >= 4 is 20.1 Å². The van der Waals surface area contributed by atoms with Crippen LogP contribution in [0.25, 0.3) is 0 Å². The minimum absolute atomic E-state index is 0.125. The zero-order chi connectivity index (χ0) is 13.7. The summed E-state index contributed by atoms with van der Waals surface area (Å²) in [4.78, 5) is 24.2. The highest BCUT2D eigenvalue weighted by atomic mass is 28.4. The van der Waals surface area contributed by atoms with E-state index in [0.29, 0.717) is 24.8 Å². The number of rotatable bonds is 0. The molecule has 1 unspecified atom stereocenters. The van der Waals surface area contributed by atoms with E-state index in [1.807, 2.05) is 13.1 Å². The number of carbonyl (C=O) groups excluding carboxylic acids is 2. The fourth-order valence-corrected chi connectivity index (χ4v) is 5.69. The molecule has 1 heterocycles. The van der Waals surface area contributed by atoms with Gasteiger partial charge in [-0.2, -0.15) is 0 Å². The first-order valence-electron chi connectivity index (χ1n) is 7.10. The van der Waals surface area contributed by atoms with Gasteiger partial charge in [-0.15, -0.1) is 0 Å². The summed E-state index contributed by atoms with van der Waals surface area (Å²) in [5.41, 5.74) is 0.0366. The normalized spacial score (nSPS) is 34.2. The summed E-state index contributed by atoms with van der Waals surface area (Å²) in [6.07, 6.45) is 4.80. The van der Waals surface area contributed by atoms with Gasteiger partial charge >= 0.3 is 8.56 Å². The Bertz CT molecular complexity index is 480. The van der Waals surface area contributed by atoms with E-state index in [4.69, 9.17) is 8.85 Å². The molecule has 0 radical (unpaired) electrons. The lowest BCUT2D eigenvalue weighted by molar-refractivity contribution is -0.128. The molecule has 1 fully saturated rings. The van der Waals surface area contributed by atoms with Crippen molar-refractivity contribution in [1.82, 2.24) is 0 Å². The molecule has 1 aliphatic heterocycles. The minimum Gasteiger partial charge on any atom is -0.523 e. The number of Topliss-reactive ketones (excluding diaryl/α,β-unsaturated/α-hetero) is 2. The summed E-state index contributed by atoms with van der Waals surface area (Å²) in [5, 5.41) is 0. The van der Waals surface area contributed by atoms with Gasteiger partial charge in [-0.1, -0.05) is 0 Å².